The fourth-order valence-corrected chi connectivity index (χ4v) is 3.99. The Balaban J connectivity index is 1.34. The summed E-state index contributed by atoms with van der Waals surface area (Å²) in [6, 6.07) is 13.7. The summed E-state index contributed by atoms with van der Waals surface area (Å²) in [6.07, 6.45) is 1.63. The van der Waals surface area contributed by atoms with Gasteiger partial charge >= 0.3 is 11.6 Å². The second-order valence-electron chi connectivity index (χ2n) is 6.36. The van der Waals surface area contributed by atoms with Gasteiger partial charge in [-0.25, -0.2) is 9.78 Å². The highest BCUT2D eigenvalue weighted by molar-refractivity contribution is 7.18. The molecule has 28 heavy (non-hydrogen) atoms. The van der Waals surface area contributed by atoms with Gasteiger partial charge in [-0.1, -0.05) is 12.1 Å². The molecule has 0 fully saturated rings. The number of fused-ring (bicyclic) bond motifs is 2. The van der Waals surface area contributed by atoms with Crippen LogP contribution in [0.3, 0.4) is 0 Å². The van der Waals surface area contributed by atoms with Crippen molar-refractivity contribution < 1.29 is 19.1 Å². The van der Waals surface area contributed by atoms with E-state index in [1.807, 2.05) is 24.3 Å². The number of aryl methyl sites for hydroxylation is 1. The summed E-state index contributed by atoms with van der Waals surface area (Å²) in [5, 5.41) is 11.1. The van der Waals surface area contributed by atoms with Gasteiger partial charge in [0.25, 0.3) is 0 Å². The van der Waals surface area contributed by atoms with Crippen LogP contribution in [0.1, 0.15) is 23.4 Å². The molecule has 142 valence electrons. The number of rotatable bonds is 6. The topological polar surface area (TPSA) is 89.6 Å². The van der Waals surface area contributed by atoms with Gasteiger partial charge in [-0.15, -0.1) is 11.3 Å². The molecule has 2 heterocycles. The standard InChI is InChI=1S/C21H17NO5S/c23-14-8-9-15-13(10-21(25)27-17(15)11-14)12-26-20(24)7-3-6-19-22-16-4-1-2-5-18(16)28-19/h1-2,4-5,8-11,23H,3,6-7,12H2. The number of para-hydroxylation sites is 1. The Hall–Kier alpha value is -3.19. The predicted molar refractivity (Wildman–Crippen MR) is 107 cm³/mol. The number of thiazole rings is 1. The van der Waals surface area contributed by atoms with Crippen LogP contribution in [0.4, 0.5) is 0 Å². The van der Waals surface area contributed by atoms with Crippen molar-refractivity contribution in [2.45, 2.75) is 25.9 Å². The molecule has 4 rings (SSSR count). The van der Waals surface area contributed by atoms with E-state index in [4.69, 9.17) is 9.15 Å². The Bertz CT molecular complexity index is 1180. The second kappa shape index (κ2) is 7.82. The molecule has 0 saturated heterocycles. The van der Waals surface area contributed by atoms with E-state index in [0.717, 1.165) is 15.2 Å². The van der Waals surface area contributed by atoms with Gasteiger partial charge in [-0.2, -0.15) is 0 Å². The lowest BCUT2D eigenvalue weighted by Gasteiger charge is -2.07. The van der Waals surface area contributed by atoms with Crippen molar-refractivity contribution in [2.24, 2.45) is 0 Å². The number of phenolic OH excluding ortho intramolecular Hbond substituents is 1. The van der Waals surface area contributed by atoms with Gasteiger partial charge in [-0.3, -0.25) is 4.79 Å². The van der Waals surface area contributed by atoms with Crippen molar-refractivity contribution >= 4 is 38.5 Å². The molecule has 0 spiro atoms. The third-order valence-electron chi connectivity index (χ3n) is 4.31. The van der Waals surface area contributed by atoms with Crippen LogP contribution in [-0.2, 0) is 22.6 Å². The Kier molecular flexibility index (Phi) is 5.08. The summed E-state index contributed by atoms with van der Waals surface area (Å²) >= 11 is 1.63. The quantitative estimate of drug-likeness (QED) is 0.389. The van der Waals surface area contributed by atoms with Gasteiger partial charge < -0.3 is 14.3 Å². The predicted octanol–water partition coefficient (Wildman–Crippen LogP) is 4.17. The van der Waals surface area contributed by atoms with Crippen molar-refractivity contribution in [3.63, 3.8) is 0 Å². The molecule has 0 bridgehead atoms. The van der Waals surface area contributed by atoms with Crippen LogP contribution in [0.2, 0.25) is 0 Å². The monoisotopic (exact) mass is 395 g/mol. The van der Waals surface area contributed by atoms with E-state index in [0.29, 0.717) is 23.8 Å². The van der Waals surface area contributed by atoms with Gasteiger partial charge in [0, 0.05) is 29.5 Å². The fraction of sp³-hybridized carbons (Fsp3) is 0.190. The molecule has 0 saturated carbocycles. The molecule has 2 aromatic carbocycles. The number of benzene rings is 2. The number of carbonyl (C=O) groups is 1. The molecular weight excluding hydrogens is 378 g/mol. The maximum absolute atomic E-state index is 12.1. The molecule has 0 aliphatic rings. The molecule has 7 heteroatoms. The summed E-state index contributed by atoms with van der Waals surface area (Å²) in [5.41, 5.74) is 1.23. The zero-order valence-electron chi connectivity index (χ0n) is 14.9. The molecule has 6 nitrogen and oxygen atoms in total. The highest BCUT2D eigenvalue weighted by atomic mass is 32.1. The molecule has 0 aliphatic heterocycles. The first kappa shape index (κ1) is 18.2. The van der Waals surface area contributed by atoms with E-state index >= 15 is 0 Å². The normalized spacial score (nSPS) is 11.1. The van der Waals surface area contributed by atoms with E-state index in [2.05, 4.69) is 4.98 Å². The zero-order chi connectivity index (χ0) is 19.5. The lowest BCUT2D eigenvalue weighted by Crippen LogP contribution is -2.07. The lowest BCUT2D eigenvalue weighted by atomic mass is 10.1. The van der Waals surface area contributed by atoms with Crippen LogP contribution in [-0.4, -0.2) is 16.1 Å². The van der Waals surface area contributed by atoms with E-state index in [1.54, 1.807) is 17.4 Å². The van der Waals surface area contributed by atoms with Crippen molar-refractivity contribution in [1.29, 1.82) is 0 Å². The maximum atomic E-state index is 12.1. The van der Waals surface area contributed by atoms with Gasteiger partial charge in [-0.05, 0) is 37.1 Å². The smallest absolute Gasteiger partial charge is 0.336 e. The van der Waals surface area contributed by atoms with Crippen molar-refractivity contribution in [2.75, 3.05) is 0 Å². The van der Waals surface area contributed by atoms with E-state index in [9.17, 15) is 14.7 Å². The first-order valence-corrected chi connectivity index (χ1v) is 9.66. The minimum absolute atomic E-state index is 0.000331. The first-order valence-electron chi connectivity index (χ1n) is 8.84. The van der Waals surface area contributed by atoms with Crippen LogP contribution in [0.25, 0.3) is 21.2 Å². The average molecular weight is 395 g/mol. The highest BCUT2D eigenvalue weighted by Crippen LogP contribution is 2.24. The first-order chi connectivity index (χ1) is 13.6. The number of carbonyl (C=O) groups excluding carboxylic acids is 1. The van der Waals surface area contributed by atoms with Crippen LogP contribution in [0.5, 0.6) is 5.75 Å². The maximum Gasteiger partial charge on any atom is 0.336 e. The number of phenols is 1. The third kappa shape index (κ3) is 4.04. The van der Waals surface area contributed by atoms with Gasteiger partial charge in [0.15, 0.2) is 0 Å². The van der Waals surface area contributed by atoms with E-state index in [-0.39, 0.29) is 30.3 Å². The van der Waals surface area contributed by atoms with Crippen molar-refractivity contribution in [1.82, 2.24) is 4.98 Å². The SMILES string of the molecule is O=C(CCCc1nc2ccccc2s1)OCc1cc(=O)oc2cc(O)ccc12. The summed E-state index contributed by atoms with van der Waals surface area (Å²) in [6.45, 7) is -0.0210. The molecule has 0 radical (unpaired) electrons. The van der Waals surface area contributed by atoms with E-state index < -0.39 is 5.63 Å². The molecule has 2 aromatic heterocycles. The molecule has 0 unspecified atom stereocenters. The Labute approximate surface area is 164 Å². The number of hydrogen-bond donors (Lipinski definition) is 1. The Morgan fingerprint density at radius 2 is 2.04 bits per heavy atom. The second-order valence-corrected chi connectivity index (χ2v) is 7.48. The molecule has 0 atom stereocenters. The number of hydrogen-bond acceptors (Lipinski definition) is 7. The fourth-order valence-electron chi connectivity index (χ4n) is 2.98. The van der Waals surface area contributed by atoms with Gasteiger partial charge in [0.05, 0.1) is 15.2 Å². The van der Waals surface area contributed by atoms with Crippen LogP contribution in [0.15, 0.2) is 57.7 Å². The minimum Gasteiger partial charge on any atom is -0.508 e. The number of aromatic hydroxyl groups is 1. The van der Waals surface area contributed by atoms with Crippen molar-refractivity contribution in [3.05, 3.63) is 69.5 Å². The summed E-state index contributed by atoms with van der Waals surface area (Å²) in [7, 11) is 0. The molecule has 0 aliphatic carbocycles. The number of aromatic nitrogens is 1. The van der Waals surface area contributed by atoms with Crippen molar-refractivity contribution in [3.8, 4) is 5.75 Å². The minimum atomic E-state index is -0.556. The Morgan fingerprint density at radius 3 is 2.89 bits per heavy atom. The lowest BCUT2D eigenvalue weighted by molar-refractivity contribution is -0.145. The zero-order valence-corrected chi connectivity index (χ0v) is 15.7. The average Bonchev–Trinajstić information content (AvgIpc) is 3.08. The summed E-state index contributed by atoms with van der Waals surface area (Å²) < 4.78 is 11.5. The van der Waals surface area contributed by atoms with Gasteiger partial charge in [0.2, 0.25) is 0 Å². The largest absolute Gasteiger partial charge is 0.508 e. The van der Waals surface area contributed by atoms with E-state index in [1.165, 1.54) is 18.2 Å². The number of esters is 1. The van der Waals surface area contributed by atoms with Crippen LogP contribution < -0.4 is 5.63 Å². The third-order valence-corrected chi connectivity index (χ3v) is 5.41. The van der Waals surface area contributed by atoms with Crippen LogP contribution >= 0.6 is 11.3 Å². The molecule has 0 amide bonds. The number of nitrogens with zero attached hydrogens (tertiary/aromatic N) is 1. The molecule has 4 aromatic rings. The highest BCUT2D eigenvalue weighted by Gasteiger charge is 2.10. The summed E-state index contributed by atoms with van der Waals surface area (Å²) in [4.78, 5) is 28.3. The summed E-state index contributed by atoms with van der Waals surface area (Å²) in [5.74, 6) is -0.332. The van der Waals surface area contributed by atoms with Crippen LogP contribution in [0, 0.1) is 0 Å². The Morgan fingerprint density at radius 1 is 1.18 bits per heavy atom. The van der Waals surface area contributed by atoms with Gasteiger partial charge in [0.1, 0.15) is 17.9 Å². The number of ether oxygens (including phenoxy) is 1. The molecular formula is C21H17NO5S. The molecule has 1 N–H and O–H groups in total.